The molecule has 26 heavy (non-hydrogen) atoms. The van der Waals surface area contributed by atoms with E-state index in [1.54, 1.807) is 23.1 Å². The molecule has 4 aromatic rings. The van der Waals surface area contributed by atoms with Gasteiger partial charge in [0, 0.05) is 10.9 Å². The molecule has 0 unspecified atom stereocenters. The van der Waals surface area contributed by atoms with Crippen LogP contribution in [-0.2, 0) is 0 Å². The van der Waals surface area contributed by atoms with Gasteiger partial charge in [-0.25, -0.2) is 4.39 Å². The first-order chi connectivity index (χ1) is 12.7. The van der Waals surface area contributed by atoms with Gasteiger partial charge in [-0.3, -0.25) is 4.57 Å². The van der Waals surface area contributed by atoms with E-state index in [2.05, 4.69) is 21.7 Å². The number of aromatic nitrogens is 3. The van der Waals surface area contributed by atoms with E-state index in [1.165, 1.54) is 12.1 Å². The number of para-hydroxylation sites is 1. The predicted molar refractivity (Wildman–Crippen MR) is 105 cm³/mol. The monoisotopic (exact) mass is 381 g/mol. The third-order valence-corrected chi connectivity index (χ3v) is 5.98. The van der Waals surface area contributed by atoms with Gasteiger partial charge in [-0.2, -0.15) is 0 Å². The number of thioether (sulfide) groups is 1. The maximum Gasteiger partial charge on any atom is 0.196 e. The van der Waals surface area contributed by atoms with Crippen LogP contribution in [0.2, 0.25) is 0 Å². The molecule has 0 bridgehead atoms. The van der Waals surface area contributed by atoms with Crippen molar-refractivity contribution >= 4 is 23.1 Å². The molecule has 0 radical (unpaired) electrons. The summed E-state index contributed by atoms with van der Waals surface area (Å²) < 4.78 is 15.3. The van der Waals surface area contributed by atoms with Crippen molar-refractivity contribution < 1.29 is 4.39 Å². The fourth-order valence-corrected chi connectivity index (χ4v) is 4.37. The van der Waals surface area contributed by atoms with E-state index in [9.17, 15) is 4.39 Å². The molecule has 0 saturated carbocycles. The Bertz CT molecular complexity index is 980. The second kappa shape index (κ2) is 7.43. The Labute approximate surface area is 159 Å². The molecule has 6 heteroatoms. The van der Waals surface area contributed by atoms with Crippen LogP contribution in [0.1, 0.15) is 17.7 Å². The van der Waals surface area contributed by atoms with Crippen molar-refractivity contribution in [3.05, 3.63) is 83.5 Å². The van der Waals surface area contributed by atoms with Crippen molar-refractivity contribution in [3.63, 3.8) is 0 Å². The van der Waals surface area contributed by atoms with Crippen LogP contribution in [-0.4, -0.2) is 14.8 Å². The first kappa shape index (κ1) is 17.0. The molecule has 0 saturated heterocycles. The van der Waals surface area contributed by atoms with Gasteiger partial charge in [0.15, 0.2) is 11.0 Å². The van der Waals surface area contributed by atoms with Gasteiger partial charge in [0.1, 0.15) is 5.82 Å². The highest BCUT2D eigenvalue weighted by Crippen LogP contribution is 2.37. The first-order valence-corrected chi connectivity index (χ1v) is 9.95. The maximum atomic E-state index is 13.2. The van der Waals surface area contributed by atoms with E-state index in [-0.39, 0.29) is 11.1 Å². The smallest absolute Gasteiger partial charge is 0.196 e. The lowest BCUT2D eigenvalue weighted by atomic mass is 10.2. The number of rotatable bonds is 5. The molecule has 0 amide bonds. The predicted octanol–water partition coefficient (Wildman–Crippen LogP) is 5.99. The number of thiophene rings is 1. The maximum absolute atomic E-state index is 13.2. The highest BCUT2D eigenvalue weighted by molar-refractivity contribution is 7.99. The molecule has 0 aliphatic heterocycles. The van der Waals surface area contributed by atoms with E-state index in [0.717, 1.165) is 27.1 Å². The Morgan fingerprint density at radius 2 is 1.73 bits per heavy atom. The minimum atomic E-state index is -0.224. The highest BCUT2D eigenvalue weighted by atomic mass is 32.2. The first-order valence-electron chi connectivity index (χ1n) is 8.19. The van der Waals surface area contributed by atoms with Crippen LogP contribution in [0.15, 0.2) is 77.3 Å². The summed E-state index contributed by atoms with van der Waals surface area (Å²) in [5.41, 5.74) is 2.08. The van der Waals surface area contributed by atoms with Crippen LogP contribution >= 0.6 is 23.1 Å². The zero-order valence-electron chi connectivity index (χ0n) is 14.0. The van der Waals surface area contributed by atoms with Crippen LogP contribution in [0, 0.1) is 5.82 Å². The lowest BCUT2D eigenvalue weighted by Crippen LogP contribution is -2.00. The molecule has 1 atom stereocenters. The van der Waals surface area contributed by atoms with Crippen LogP contribution in [0.4, 0.5) is 4.39 Å². The Morgan fingerprint density at radius 1 is 0.962 bits per heavy atom. The molecular formula is C20H16FN3S2. The van der Waals surface area contributed by atoms with Crippen molar-refractivity contribution in [2.45, 2.75) is 17.3 Å². The van der Waals surface area contributed by atoms with Crippen molar-refractivity contribution in [1.82, 2.24) is 14.8 Å². The minimum Gasteiger partial charge on any atom is -0.269 e. The number of nitrogens with zero attached hydrogens (tertiary/aromatic N) is 3. The fraction of sp³-hybridized carbons (Fsp3) is 0.100. The molecule has 0 N–H and O–H groups in total. The molecule has 0 aliphatic carbocycles. The molecule has 130 valence electrons. The summed E-state index contributed by atoms with van der Waals surface area (Å²) >= 11 is 3.25. The summed E-state index contributed by atoms with van der Waals surface area (Å²) in [6, 6.07) is 20.8. The van der Waals surface area contributed by atoms with E-state index in [0.29, 0.717) is 0 Å². The van der Waals surface area contributed by atoms with Gasteiger partial charge in [-0.05, 0) is 48.2 Å². The van der Waals surface area contributed by atoms with Crippen molar-refractivity contribution in [1.29, 1.82) is 0 Å². The molecular weight excluding hydrogens is 365 g/mol. The zero-order valence-corrected chi connectivity index (χ0v) is 15.7. The fourth-order valence-electron chi connectivity index (χ4n) is 2.68. The lowest BCUT2D eigenvalue weighted by Gasteiger charge is -2.13. The molecule has 2 aromatic carbocycles. The van der Waals surface area contributed by atoms with Gasteiger partial charge in [0.2, 0.25) is 0 Å². The Kier molecular flexibility index (Phi) is 4.86. The average Bonchev–Trinajstić information content (AvgIpc) is 3.32. The molecule has 0 aliphatic rings. The molecule has 4 rings (SSSR count). The van der Waals surface area contributed by atoms with E-state index >= 15 is 0 Å². The van der Waals surface area contributed by atoms with Crippen molar-refractivity contribution in [3.8, 4) is 16.4 Å². The van der Waals surface area contributed by atoms with E-state index < -0.39 is 0 Å². The van der Waals surface area contributed by atoms with Gasteiger partial charge in [0.05, 0.1) is 4.88 Å². The van der Waals surface area contributed by atoms with Gasteiger partial charge in [0.25, 0.3) is 0 Å². The van der Waals surface area contributed by atoms with Crippen LogP contribution in [0.5, 0.6) is 0 Å². The largest absolute Gasteiger partial charge is 0.269 e. The second-order valence-corrected chi connectivity index (χ2v) is 8.02. The molecule has 0 spiro atoms. The van der Waals surface area contributed by atoms with Crippen LogP contribution < -0.4 is 0 Å². The van der Waals surface area contributed by atoms with Crippen molar-refractivity contribution in [2.75, 3.05) is 0 Å². The summed E-state index contributed by atoms with van der Waals surface area (Å²) in [7, 11) is 0. The average molecular weight is 382 g/mol. The Hall–Kier alpha value is -2.44. The van der Waals surface area contributed by atoms with Gasteiger partial charge >= 0.3 is 0 Å². The summed E-state index contributed by atoms with van der Waals surface area (Å²) in [6.45, 7) is 2.09. The normalized spacial score (nSPS) is 12.2. The number of hydrogen-bond donors (Lipinski definition) is 0. The summed E-state index contributed by atoms with van der Waals surface area (Å²) in [5.74, 6) is 0.610. The topological polar surface area (TPSA) is 30.7 Å². The molecule has 0 fully saturated rings. The Morgan fingerprint density at radius 3 is 2.42 bits per heavy atom. The minimum absolute atomic E-state index is 0.124. The third kappa shape index (κ3) is 3.43. The van der Waals surface area contributed by atoms with Crippen LogP contribution in [0.3, 0.4) is 0 Å². The molecule has 2 aromatic heterocycles. The molecule has 3 nitrogen and oxygen atoms in total. The number of hydrogen-bond acceptors (Lipinski definition) is 4. The van der Waals surface area contributed by atoms with E-state index in [1.807, 2.05) is 60.0 Å². The van der Waals surface area contributed by atoms with Gasteiger partial charge < -0.3 is 0 Å². The number of benzene rings is 2. The SMILES string of the molecule is C[C@@H](Sc1nnc(-c2cccs2)n1-c1ccccc1)c1ccc(F)cc1. The second-order valence-electron chi connectivity index (χ2n) is 5.77. The van der Waals surface area contributed by atoms with Gasteiger partial charge in [-0.15, -0.1) is 21.5 Å². The molecule has 2 heterocycles. The van der Waals surface area contributed by atoms with Gasteiger partial charge in [-0.1, -0.05) is 48.2 Å². The zero-order chi connectivity index (χ0) is 17.9. The third-order valence-electron chi connectivity index (χ3n) is 4.01. The lowest BCUT2D eigenvalue weighted by molar-refractivity contribution is 0.627. The number of halogens is 1. The van der Waals surface area contributed by atoms with Crippen LogP contribution in [0.25, 0.3) is 16.4 Å². The summed E-state index contributed by atoms with van der Waals surface area (Å²) in [4.78, 5) is 1.07. The Balaban J connectivity index is 1.73. The quantitative estimate of drug-likeness (QED) is 0.398. The van der Waals surface area contributed by atoms with E-state index in [4.69, 9.17) is 0 Å². The highest BCUT2D eigenvalue weighted by Gasteiger charge is 2.19. The summed E-state index contributed by atoms with van der Waals surface area (Å²) in [5, 5.41) is 11.9. The summed E-state index contributed by atoms with van der Waals surface area (Å²) in [6.07, 6.45) is 0. The van der Waals surface area contributed by atoms with Crippen molar-refractivity contribution in [2.24, 2.45) is 0 Å². The standard InChI is InChI=1S/C20H16FN3S2/c1-14(15-9-11-16(21)12-10-15)26-20-23-22-19(18-8-5-13-25-18)24(20)17-6-3-2-4-7-17/h2-14H,1H3/t14-/m1/s1.